The molecular weight excluding hydrogens is 135 g/mol. The first-order chi connectivity index (χ1) is 1.50. The van der Waals surface area contributed by atoms with Crippen molar-refractivity contribution in [3.05, 3.63) is 0 Å². The van der Waals surface area contributed by atoms with Gasteiger partial charge in [-0.05, 0) is 0 Å². The largest absolute Gasteiger partial charge is 2.00 e. The molecule has 0 spiro atoms. The van der Waals surface area contributed by atoms with E-state index in [0.29, 0.717) is 0 Å². The van der Waals surface area contributed by atoms with E-state index in [4.69, 9.17) is 0 Å². The molecule has 1 saturated heterocycles. The average molecular weight is 139 g/mol. The number of halogens is 2. The molecule has 0 radical (unpaired) electrons. The molecule has 1 aliphatic heterocycles. The molecule has 4 heteroatoms. The maximum absolute atomic E-state index is 4.50. The van der Waals surface area contributed by atoms with Crippen LogP contribution in [0.3, 0.4) is 0 Å². The van der Waals surface area contributed by atoms with E-state index >= 15 is 0 Å². The van der Waals surface area contributed by atoms with Crippen molar-refractivity contribution in [1.29, 1.82) is 0 Å². The van der Waals surface area contributed by atoms with Crippen LogP contribution < -0.4 is 24.8 Å². The summed E-state index contributed by atoms with van der Waals surface area (Å²) in [5.41, 5.74) is 0. The van der Waals surface area contributed by atoms with E-state index in [-0.39, 0.29) is 47.9 Å². The molecule has 1 aliphatic rings. The Bertz CT molecular complexity index is 16.3. The van der Waals surface area contributed by atoms with Gasteiger partial charge in [0.05, 0.1) is 13.2 Å². The molecule has 0 bridgehead atoms. The summed E-state index contributed by atoms with van der Waals surface area (Å²) in [7, 11) is 0. The molecule has 0 amide bonds. The average Bonchev–Trinajstić information content (AvgIpc) is 1.46. The predicted octanol–water partition coefficient (Wildman–Crippen LogP) is -6.36. The number of hydrogen-bond acceptors (Lipinski definition) is 1. The molecule has 0 aromatic heterocycles. The minimum absolute atomic E-state index is 0. The fourth-order valence-corrected chi connectivity index (χ4v) is 0. The molecule has 0 saturated carbocycles. The van der Waals surface area contributed by atoms with Crippen LogP contribution in [0.1, 0.15) is 0 Å². The molecular formula is C2H4Cl2MgO. The number of hydrogen-bond donors (Lipinski definition) is 0. The van der Waals surface area contributed by atoms with Crippen molar-refractivity contribution in [3.8, 4) is 0 Å². The van der Waals surface area contributed by atoms with Crippen LogP contribution >= 0.6 is 0 Å². The van der Waals surface area contributed by atoms with Gasteiger partial charge in [0.25, 0.3) is 0 Å². The number of ether oxygens (including phenoxy) is 1. The minimum Gasteiger partial charge on any atom is -1.00 e. The third-order valence-electron chi connectivity index (χ3n) is 0.204. The quantitative estimate of drug-likeness (QED) is 0.240. The Kier molecular flexibility index (Phi) is 25.0. The number of rotatable bonds is 0. The van der Waals surface area contributed by atoms with Gasteiger partial charge in [-0.25, -0.2) is 0 Å². The van der Waals surface area contributed by atoms with Gasteiger partial charge in [-0.1, -0.05) is 0 Å². The fraction of sp³-hybridized carbons (Fsp3) is 1.00. The van der Waals surface area contributed by atoms with Gasteiger partial charge in [0.15, 0.2) is 0 Å². The summed E-state index contributed by atoms with van der Waals surface area (Å²) in [6, 6.07) is 0. The molecule has 34 valence electrons. The van der Waals surface area contributed by atoms with E-state index in [1.807, 2.05) is 0 Å². The van der Waals surface area contributed by atoms with Crippen LogP contribution in [0.2, 0.25) is 0 Å². The van der Waals surface area contributed by atoms with E-state index < -0.39 is 0 Å². The Balaban J connectivity index is -0.0000000300. The first-order valence-corrected chi connectivity index (χ1v) is 1.08. The van der Waals surface area contributed by atoms with Gasteiger partial charge in [-0.3, -0.25) is 0 Å². The zero-order valence-electron chi connectivity index (χ0n) is 3.29. The van der Waals surface area contributed by atoms with E-state index in [0.717, 1.165) is 13.2 Å². The van der Waals surface area contributed by atoms with Gasteiger partial charge in [0.1, 0.15) is 0 Å². The molecule has 0 N–H and O–H groups in total. The first-order valence-electron chi connectivity index (χ1n) is 1.08. The molecule has 6 heavy (non-hydrogen) atoms. The van der Waals surface area contributed by atoms with Gasteiger partial charge in [-0.2, -0.15) is 0 Å². The van der Waals surface area contributed by atoms with Crippen molar-refractivity contribution in [2.75, 3.05) is 13.2 Å². The third kappa shape index (κ3) is 18.5. The second kappa shape index (κ2) is 9.58. The maximum atomic E-state index is 4.50. The van der Waals surface area contributed by atoms with Crippen molar-refractivity contribution in [2.45, 2.75) is 0 Å². The monoisotopic (exact) mass is 138 g/mol. The molecule has 0 aromatic carbocycles. The van der Waals surface area contributed by atoms with Gasteiger partial charge < -0.3 is 29.6 Å². The second-order valence-electron chi connectivity index (χ2n) is 0.612. The van der Waals surface area contributed by atoms with Crippen molar-refractivity contribution in [1.82, 2.24) is 0 Å². The summed E-state index contributed by atoms with van der Waals surface area (Å²) >= 11 is 0. The molecule has 0 aromatic rings. The molecule has 0 atom stereocenters. The SMILES string of the molecule is C1CO1.[Cl-].[Cl-].[Mg+2]. The molecule has 0 aliphatic carbocycles. The summed E-state index contributed by atoms with van der Waals surface area (Å²) in [4.78, 5) is 0. The van der Waals surface area contributed by atoms with Crippen molar-refractivity contribution < 1.29 is 29.6 Å². The smallest absolute Gasteiger partial charge is 1.00 e. The van der Waals surface area contributed by atoms with Gasteiger partial charge >= 0.3 is 23.1 Å². The fourth-order valence-electron chi connectivity index (χ4n) is 0. The topological polar surface area (TPSA) is 12.5 Å². The summed E-state index contributed by atoms with van der Waals surface area (Å²) in [5.74, 6) is 0. The minimum atomic E-state index is 0. The first kappa shape index (κ1) is 15.7. The molecule has 1 nitrogen and oxygen atoms in total. The Labute approximate surface area is 65.8 Å². The Hall–Kier alpha value is 1.31. The predicted molar refractivity (Wildman–Crippen MR) is 16.6 cm³/mol. The van der Waals surface area contributed by atoms with Gasteiger partial charge in [0.2, 0.25) is 0 Å². The summed E-state index contributed by atoms with van der Waals surface area (Å²) in [6.45, 7) is 2.00. The van der Waals surface area contributed by atoms with Gasteiger partial charge in [-0.15, -0.1) is 0 Å². The molecule has 1 heterocycles. The third-order valence-corrected chi connectivity index (χ3v) is 0.204. The van der Waals surface area contributed by atoms with E-state index in [1.54, 1.807) is 0 Å². The van der Waals surface area contributed by atoms with Crippen LogP contribution in [0.15, 0.2) is 0 Å². The zero-order chi connectivity index (χ0) is 2.12. The Morgan fingerprint density at radius 1 is 1.00 bits per heavy atom. The van der Waals surface area contributed by atoms with E-state index in [1.165, 1.54) is 0 Å². The van der Waals surface area contributed by atoms with Crippen LogP contribution in [0.4, 0.5) is 0 Å². The van der Waals surface area contributed by atoms with E-state index in [9.17, 15) is 0 Å². The Morgan fingerprint density at radius 2 is 1.17 bits per heavy atom. The van der Waals surface area contributed by atoms with Crippen LogP contribution in [0, 0.1) is 0 Å². The summed E-state index contributed by atoms with van der Waals surface area (Å²) in [5, 5.41) is 0. The standard InChI is InChI=1S/C2H4O.2ClH.Mg/c1-2-3-1;;;/h1-2H2;2*1H;/q;;;+2/p-2. The van der Waals surface area contributed by atoms with Crippen molar-refractivity contribution in [3.63, 3.8) is 0 Å². The zero-order valence-corrected chi connectivity index (χ0v) is 6.21. The van der Waals surface area contributed by atoms with Crippen LogP contribution in [-0.4, -0.2) is 36.3 Å². The normalized spacial score (nSPS) is 12.0. The van der Waals surface area contributed by atoms with E-state index in [2.05, 4.69) is 4.74 Å². The molecule has 1 rings (SSSR count). The summed E-state index contributed by atoms with van der Waals surface area (Å²) in [6.07, 6.45) is 0. The molecule has 1 fully saturated rings. The summed E-state index contributed by atoms with van der Waals surface area (Å²) < 4.78 is 4.50. The van der Waals surface area contributed by atoms with Gasteiger partial charge in [0, 0.05) is 0 Å². The van der Waals surface area contributed by atoms with Crippen LogP contribution in [-0.2, 0) is 4.74 Å². The van der Waals surface area contributed by atoms with Crippen LogP contribution in [0.25, 0.3) is 0 Å². The van der Waals surface area contributed by atoms with Crippen molar-refractivity contribution >= 4 is 23.1 Å². The molecule has 0 unspecified atom stereocenters. The second-order valence-corrected chi connectivity index (χ2v) is 0.612. The maximum Gasteiger partial charge on any atom is 2.00 e. The van der Waals surface area contributed by atoms with Crippen LogP contribution in [0.5, 0.6) is 0 Å². The number of epoxide rings is 1. The van der Waals surface area contributed by atoms with Crippen molar-refractivity contribution in [2.24, 2.45) is 0 Å². The Morgan fingerprint density at radius 3 is 1.17 bits per heavy atom.